The molecule has 0 aliphatic carbocycles. The zero-order valence-electron chi connectivity index (χ0n) is 22.0. The molecule has 0 N–H and O–H groups in total. The van der Waals surface area contributed by atoms with Gasteiger partial charge in [0.25, 0.3) is 0 Å². The summed E-state index contributed by atoms with van der Waals surface area (Å²) in [5.41, 5.74) is 8.19. The first-order valence-corrected chi connectivity index (χ1v) is 12.2. The molecule has 0 saturated heterocycles. The molecule has 4 rings (SSSR count). The Morgan fingerprint density at radius 2 is 1.03 bits per heavy atom. The summed E-state index contributed by atoms with van der Waals surface area (Å²) in [4.78, 5) is 18.8. The molecule has 0 atom stereocenters. The molecule has 0 amide bonds. The molecule has 0 aromatic carbocycles. The average Bonchev–Trinajstić information content (AvgIpc) is 2.78. The van der Waals surface area contributed by atoms with Gasteiger partial charge in [-0.15, -0.1) is 12.1 Å². The van der Waals surface area contributed by atoms with E-state index >= 15 is 0 Å². The van der Waals surface area contributed by atoms with Gasteiger partial charge in [-0.1, -0.05) is 65.8 Å². The fraction of sp³-hybridized carbons (Fsp3) is 0.355. The maximum atomic E-state index is 4.92. The summed E-state index contributed by atoms with van der Waals surface area (Å²) in [6.45, 7) is 13.3. The largest absolute Gasteiger partial charge is 2.00 e. The van der Waals surface area contributed by atoms with E-state index < -0.39 is 0 Å². The van der Waals surface area contributed by atoms with Crippen molar-refractivity contribution in [1.82, 2.24) is 19.9 Å². The quantitative estimate of drug-likeness (QED) is 0.211. The fourth-order valence-corrected chi connectivity index (χ4v) is 4.08. The molecule has 4 aromatic rings. The van der Waals surface area contributed by atoms with Gasteiger partial charge in [-0.3, -0.25) is 9.97 Å². The number of hydrogen-bond donors (Lipinski definition) is 0. The molecule has 4 nitrogen and oxygen atoms in total. The minimum Gasteiger partial charge on any atom is -0.317 e. The second-order valence-corrected chi connectivity index (χ2v) is 11.6. The van der Waals surface area contributed by atoms with E-state index in [1.807, 2.05) is 12.1 Å². The van der Waals surface area contributed by atoms with Crippen LogP contribution in [0.3, 0.4) is 0 Å². The van der Waals surface area contributed by atoms with Crippen molar-refractivity contribution in [2.75, 3.05) is 0 Å². The predicted molar refractivity (Wildman–Crippen MR) is 142 cm³/mol. The van der Waals surface area contributed by atoms with Crippen LogP contribution in [0.15, 0.2) is 60.9 Å². The van der Waals surface area contributed by atoms with Crippen molar-refractivity contribution < 1.29 is 21.1 Å². The molecular formula is C31H34N4Pt. The smallest absolute Gasteiger partial charge is 0.317 e. The van der Waals surface area contributed by atoms with Crippen LogP contribution in [0.25, 0.3) is 22.5 Å². The van der Waals surface area contributed by atoms with Crippen LogP contribution >= 0.6 is 0 Å². The van der Waals surface area contributed by atoms with Gasteiger partial charge in [-0.2, -0.15) is 23.3 Å². The predicted octanol–water partition coefficient (Wildman–Crippen LogP) is 6.97. The summed E-state index contributed by atoms with van der Waals surface area (Å²) < 4.78 is 0. The molecule has 188 valence electrons. The van der Waals surface area contributed by atoms with Gasteiger partial charge in [0, 0.05) is 17.8 Å². The van der Waals surface area contributed by atoms with E-state index in [4.69, 9.17) is 9.97 Å². The van der Waals surface area contributed by atoms with Crippen molar-refractivity contribution in [3.8, 4) is 22.5 Å². The number of pyridine rings is 4. The SMILES string of the molecule is CC(C)(C)Cc1cc(-c2cccc(Cc3cccc(-c4[c-]cnc(CC(C)(C)C)c4)n3)n2)[c-]cn1.[Pt+2]. The third-order valence-corrected chi connectivity index (χ3v) is 5.47. The standard InChI is InChI=1S/C31H34N4.Pt/c1-30(2,3)20-26-17-22(13-15-32-26)28-11-7-9-24(34-28)19-25-10-8-12-29(35-25)23-14-16-33-27(18-23)21-31(4,5)6;/h7-12,15-18H,19-21H2,1-6H3;/q-2;+2. The van der Waals surface area contributed by atoms with Gasteiger partial charge in [-0.05, 0) is 71.0 Å². The molecule has 36 heavy (non-hydrogen) atoms. The molecule has 0 fully saturated rings. The zero-order valence-corrected chi connectivity index (χ0v) is 24.3. The Hall–Kier alpha value is -2.71. The molecule has 0 aliphatic heterocycles. The van der Waals surface area contributed by atoms with Gasteiger partial charge in [0.2, 0.25) is 0 Å². The second kappa shape index (κ2) is 11.6. The third kappa shape index (κ3) is 8.17. The monoisotopic (exact) mass is 657 g/mol. The molecule has 0 bridgehead atoms. The van der Waals surface area contributed by atoms with Crippen LogP contribution in [0, 0.1) is 23.0 Å². The Morgan fingerprint density at radius 3 is 1.42 bits per heavy atom. The van der Waals surface area contributed by atoms with Crippen molar-refractivity contribution in [2.24, 2.45) is 10.8 Å². The summed E-state index contributed by atoms with van der Waals surface area (Å²) in [7, 11) is 0. The third-order valence-electron chi connectivity index (χ3n) is 5.47. The van der Waals surface area contributed by atoms with Crippen molar-refractivity contribution in [1.29, 1.82) is 0 Å². The van der Waals surface area contributed by atoms with Gasteiger partial charge in [0.05, 0.1) is 0 Å². The van der Waals surface area contributed by atoms with Crippen molar-refractivity contribution in [3.63, 3.8) is 0 Å². The van der Waals surface area contributed by atoms with Gasteiger partial charge < -0.3 is 9.97 Å². The summed E-state index contributed by atoms with van der Waals surface area (Å²) in [6, 6.07) is 23.0. The molecule has 0 unspecified atom stereocenters. The van der Waals surface area contributed by atoms with Gasteiger partial charge in [0.1, 0.15) is 0 Å². The number of aromatic nitrogens is 4. The normalized spacial score (nSPS) is 11.7. The van der Waals surface area contributed by atoms with Gasteiger partial charge >= 0.3 is 21.1 Å². The molecular weight excluding hydrogens is 623 g/mol. The minimum absolute atomic E-state index is 0. The molecule has 0 spiro atoms. The first-order valence-electron chi connectivity index (χ1n) is 12.2. The first kappa shape index (κ1) is 27.9. The van der Waals surface area contributed by atoms with E-state index in [1.165, 1.54) is 0 Å². The van der Waals surface area contributed by atoms with Crippen molar-refractivity contribution in [3.05, 3.63) is 95.8 Å². The van der Waals surface area contributed by atoms with Crippen LogP contribution < -0.4 is 0 Å². The maximum absolute atomic E-state index is 4.92. The van der Waals surface area contributed by atoms with Crippen LogP contribution in [-0.2, 0) is 40.3 Å². The summed E-state index contributed by atoms with van der Waals surface area (Å²) in [5, 5.41) is 0. The number of hydrogen-bond acceptors (Lipinski definition) is 4. The van der Waals surface area contributed by atoms with E-state index in [0.29, 0.717) is 6.42 Å². The topological polar surface area (TPSA) is 51.6 Å². The summed E-state index contributed by atoms with van der Waals surface area (Å²) >= 11 is 0. The minimum atomic E-state index is 0. The molecule has 0 aliphatic rings. The number of nitrogens with zero attached hydrogens (tertiary/aromatic N) is 4. The van der Waals surface area contributed by atoms with Crippen LogP contribution in [0.2, 0.25) is 0 Å². The van der Waals surface area contributed by atoms with Gasteiger partial charge in [0.15, 0.2) is 0 Å². The Balaban J connectivity index is 0.00000361. The van der Waals surface area contributed by atoms with Crippen molar-refractivity contribution >= 4 is 0 Å². The van der Waals surface area contributed by atoms with Crippen LogP contribution in [0.5, 0.6) is 0 Å². The Kier molecular flexibility index (Phi) is 8.95. The Morgan fingerprint density at radius 1 is 0.611 bits per heavy atom. The maximum Gasteiger partial charge on any atom is 2.00 e. The van der Waals surface area contributed by atoms with Crippen LogP contribution in [0.1, 0.15) is 64.3 Å². The molecule has 0 saturated carbocycles. The second-order valence-electron chi connectivity index (χ2n) is 11.6. The van der Waals surface area contributed by atoms with E-state index in [-0.39, 0.29) is 31.9 Å². The van der Waals surface area contributed by atoms with E-state index in [0.717, 1.165) is 58.1 Å². The molecule has 4 heterocycles. The van der Waals surface area contributed by atoms with E-state index in [9.17, 15) is 0 Å². The number of rotatable bonds is 6. The first-order chi connectivity index (χ1) is 16.5. The fourth-order valence-electron chi connectivity index (χ4n) is 4.08. The van der Waals surface area contributed by atoms with Crippen molar-refractivity contribution in [2.45, 2.75) is 60.8 Å². The van der Waals surface area contributed by atoms with E-state index in [2.05, 4.69) is 100 Å². The van der Waals surface area contributed by atoms with Crippen LogP contribution in [0.4, 0.5) is 0 Å². The molecule has 0 radical (unpaired) electrons. The molecule has 5 heteroatoms. The van der Waals surface area contributed by atoms with Crippen LogP contribution in [-0.4, -0.2) is 19.9 Å². The summed E-state index contributed by atoms with van der Waals surface area (Å²) in [5.74, 6) is 0. The zero-order chi connectivity index (χ0) is 25.1. The van der Waals surface area contributed by atoms with E-state index in [1.54, 1.807) is 12.4 Å². The van der Waals surface area contributed by atoms with Gasteiger partial charge in [-0.25, -0.2) is 0 Å². The average molecular weight is 658 g/mol. The molecule has 4 aromatic heterocycles. The Bertz CT molecular complexity index is 1200. The summed E-state index contributed by atoms with van der Waals surface area (Å²) in [6.07, 6.45) is 5.99. The Labute approximate surface area is 230 Å².